The van der Waals surface area contributed by atoms with Crippen LogP contribution in [0.3, 0.4) is 0 Å². The van der Waals surface area contributed by atoms with Gasteiger partial charge in [-0.25, -0.2) is 4.79 Å². The molecule has 3 rings (SSSR count). The summed E-state index contributed by atoms with van der Waals surface area (Å²) in [4.78, 5) is 11.9. The van der Waals surface area contributed by atoms with E-state index in [1.165, 1.54) is 12.5 Å². The first-order chi connectivity index (χ1) is 8.84. The molecule has 0 saturated heterocycles. The Balaban J connectivity index is 1.78. The smallest absolute Gasteiger partial charge is 0.342 e. The first kappa shape index (κ1) is 10.7. The van der Waals surface area contributed by atoms with Crippen LogP contribution in [0, 0.1) is 0 Å². The number of carbonyl (C=O) groups excluding carboxylic acids is 1. The van der Waals surface area contributed by atoms with Gasteiger partial charge in [0, 0.05) is 11.1 Å². The molecule has 2 aliphatic rings. The number of furan rings is 1. The monoisotopic (exact) mass is 242 g/mol. The molecule has 0 fully saturated rings. The third-order valence-corrected chi connectivity index (χ3v) is 2.67. The molecule has 2 heterocycles. The largest absolute Gasteiger partial charge is 0.471 e. The van der Waals surface area contributed by atoms with Gasteiger partial charge in [0.25, 0.3) is 0 Å². The standard InChI is InChI=1S/C14H10O4/c15-14(18-8-11-4-2-6-17-11)13-9-16-7-10-3-1-5-12(10)13/h1-7,9H,8H2. The minimum absolute atomic E-state index is 0.114. The summed E-state index contributed by atoms with van der Waals surface area (Å²) in [7, 11) is 0. The maximum Gasteiger partial charge on any atom is 0.342 e. The molecule has 0 N–H and O–H groups in total. The quantitative estimate of drug-likeness (QED) is 0.661. The van der Waals surface area contributed by atoms with Gasteiger partial charge in [-0.2, -0.15) is 0 Å². The number of esters is 1. The Morgan fingerprint density at radius 2 is 2.11 bits per heavy atom. The fourth-order valence-electron chi connectivity index (χ4n) is 1.79. The average Bonchev–Trinajstić information content (AvgIpc) is 3.05. The molecule has 1 aliphatic carbocycles. The normalized spacial score (nSPS) is 10.7. The molecule has 0 aromatic carbocycles. The maximum absolute atomic E-state index is 11.9. The Labute approximate surface area is 103 Å². The summed E-state index contributed by atoms with van der Waals surface area (Å²) in [6, 6.07) is 9.09. The second-order valence-corrected chi connectivity index (χ2v) is 3.84. The molecule has 1 aliphatic heterocycles. The van der Waals surface area contributed by atoms with Crippen molar-refractivity contribution in [2.75, 3.05) is 0 Å². The average molecular weight is 242 g/mol. The molecule has 18 heavy (non-hydrogen) atoms. The number of hydrogen-bond acceptors (Lipinski definition) is 4. The molecule has 1 aromatic rings. The molecule has 0 unspecified atom stereocenters. The predicted molar refractivity (Wildman–Crippen MR) is 63.2 cm³/mol. The van der Waals surface area contributed by atoms with Gasteiger partial charge in [-0.1, -0.05) is 18.2 Å². The molecule has 0 saturated carbocycles. The molecule has 1 aromatic heterocycles. The van der Waals surface area contributed by atoms with Crippen LogP contribution in [0.25, 0.3) is 11.1 Å². The van der Waals surface area contributed by atoms with Crippen LogP contribution in [-0.2, 0) is 11.3 Å². The number of hydrogen-bond donors (Lipinski definition) is 0. The Morgan fingerprint density at radius 3 is 2.94 bits per heavy atom. The van der Waals surface area contributed by atoms with Gasteiger partial charge < -0.3 is 13.6 Å². The minimum Gasteiger partial charge on any atom is -0.471 e. The van der Waals surface area contributed by atoms with Crippen LogP contribution >= 0.6 is 0 Å². The summed E-state index contributed by atoms with van der Waals surface area (Å²) in [5.74, 6) is 0.182. The molecule has 0 radical (unpaired) electrons. The summed E-state index contributed by atoms with van der Waals surface area (Å²) in [6.45, 7) is 0.114. The van der Waals surface area contributed by atoms with E-state index in [0.717, 1.165) is 11.1 Å². The SMILES string of the molecule is O=C(OCc1ccco1)c1cocc2cccc1-2. The zero-order valence-corrected chi connectivity index (χ0v) is 9.46. The summed E-state index contributed by atoms with van der Waals surface area (Å²) < 4.78 is 15.4. The predicted octanol–water partition coefficient (Wildman–Crippen LogP) is 3.33. The van der Waals surface area contributed by atoms with Crippen LogP contribution in [0.1, 0.15) is 16.1 Å². The van der Waals surface area contributed by atoms with Crippen molar-refractivity contribution in [1.29, 1.82) is 0 Å². The van der Waals surface area contributed by atoms with Crippen molar-refractivity contribution in [3.05, 3.63) is 60.4 Å². The first-order valence-corrected chi connectivity index (χ1v) is 5.49. The van der Waals surface area contributed by atoms with Gasteiger partial charge in [-0.3, -0.25) is 0 Å². The first-order valence-electron chi connectivity index (χ1n) is 5.49. The fourth-order valence-corrected chi connectivity index (χ4v) is 1.79. The van der Waals surface area contributed by atoms with Crippen LogP contribution < -0.4 is 0 Å². The molecule has 4 heteroatoms. The Bertz CT molecular complexity index is 621. The number of rotatable bonds is 3. The van der Waals surface area contributed by atoms with Gasteiger partial charge in [0.15, 0.2) is 0 Å². The minimum atomic E-state index is -0.424. The van der Waals surface area contributed by atoms with Crippen LogP contribution in [0.15, 0.2) is 58.0 Å². The van der Waals surface area contributed by atoms with Crippen molar-refractivity contribution in [3.8, 4) is 11.1 Å². The zero-order chi connectivity index (χ0) is 12.4. The highest BCUT2D eigenvalue weighted by atomic mass is 16.5. The number of fused-ring (bicyclic) bond motifs is 1. The van der Waals surface area contributed by atoms with E-state index >= 15 is 0 Å². The Kier molecular flexibility index (Phi) is 2.61. The van der Waals surface area contributed by atoms with Crippen LogP contribution in [0.2, 0.25) is 0 Å². The van der Waals surface area contributed by atoms with Crippen molar-refractivity contribution in [3.63, 3.8) is 0 Å². The van der Waals surface area contributed by atoms with Gasteiger partial charge >= 0.3 is 5.97 Å². The third-order valence-electron chi connectivity index (χ3n) is 2.67. The Morgan fingerprint density at radius 1 is 1.17 bits per heavy atom. The second-order valence-electron chi connectivity index (χ2n) is 3.84. The second kappa shape index (κ2) is 4.41. The number of carbonyl (C=O) groups is 1. The van der Waals surface area contributed by atoms with Gasteiger partial charge in [0.05, 0.1) is 12.5 Å². The van der Waals surface area contributed by atoms with E-state index in [4.69, 9.17) is 13.6 Å². The topological polar surface area (TPSA) is 52.6 Å². The molecule has 4 nitrogen and oxygen atoms in total. The highest BCUT2D eigenvalue weighted by molar-refractivity contribution is 5.97. The van der Waals surface area contributed by atoms with Crippen LogP contribution in [-0.4, -0.2) is 5.97 Å². The highest BCUT2D eigenvalue weighted by Gasteiger charge is 2.17. The summed E-state index contributed by atoms with van der Waals surface area (Å²) in [5.41, 5.74) is 2.12. The number of ether oxygens (including phenoxy) is 1. The van der Waals surface area contributed by atoms with Gasteiger partial charge in [0.1, 0.15) is 24.2 Å². The third kappa shape index (κ3) is 1.88. The zero-order valence-electron chi connectivity index (χ0n) is 9.46. The lowest BCUT2D eigenvalue weighted by atomic mass is 10.1. The summed E-state index contributed by atoms with van der Waals surface area (Å²) in [5, 5.41) is 0. The molecular weight excluding hydrogens is 232 g/mol. The maximum atomic E-state index is 11.9. The lowest BCUT2D eigenvalue weighted by Gasteiger charge is -2.06. The molecule has 0 spiro atoms. The Hall–Kier alpha value is -2.49. The molecule has 0 atom stereocenters. The van der Waals surface area contributed by atoms with Gasteiger partial charge in [-0.15, -0.1) is 0 Å². The van der Waals surface area contributed by atoms with Crippen LogP contribution in [0.4, 0.5) is 0 Å². The van der Waals surface area contributed by atoms with Crippen molar-refractivity contribution < 1.29 is 18.4 Å². The lowest BCUT2D eigenvalue weighted by Crippen LogP contribution is -2.06. The van der Waals surface area contributed by atoms with Crippen molar-refractivity contribution in [2.45, 2.75) is 6.61 Å². The molecule has 0 amide bonds. The van der Waals surface area contributed by atoms with Crippen molar-refractivity contribution >= 4 is 5.97 Å². The molecule has 90 valence electrons. The van der Waals surface area contributed by atoms with E-state index < -0.39 is 5.97 Å². The summed E-state index contributed by atoms with van der Waals surface area (Å²) >= 11 is 0. The van der Waals surface area contributed by atoms with E-state index in [2.05, 4.69) is 0 Å². The van der Waals surface area contributed by atoms with E-state index in [1.54, 1.807) is 18.4 Å². The fraction of sp³-hybridized carbons (Fsp3) is 0.0714. The highest BCUT2D eigenvalue weighted by Crippen LogP contribution is 2.27. The summed E-state index contributed by atoms with van der Waals surface area (Å²) in [6.07, 6.45) is 4.53. The van der Waals surface area contributed by atoms with E-state index in [0.29, 0.717) is 11.3 Å². The van der Waals surface area contributed by atoms with Crippen molar-refractivity contribution in [1.82, 2.24) is 0 Å². The van der Waals surface area contributed by atoms with Crippen molar-refractivity contribution in [2.24, 2.45) is 0 Å². The van der Waals surface area contributed by atoms with Gasteiger partial charge in [0.2, 0.25) is 0 Å². The van der Waals surface area contributed by atoms with E-state index in [1.807, 2.05) is 18.2 Å². The molecular formula is C14H10O4. The van der Waals surface area contributed by atoms with E-state index in [9.17, 15) is 4.79 Å². The lowest BCUT2D eigenvalue weighted by molar-refractivity contribution is 0.0443. The molecule has 0 bridgehead atoms. The van der Waals surface area contributed by atoms with E-state index in [-0.39, 0.29) is 6.61 Å². The van der Waals surface area contributed by atoms with Crippen LogP contribution in [0.5, 0.6) is 0 Å². The van der Waals surface area contributed by atoms with Gasteiger partial charge in [-0.05, 0) is 12.1 Å².